The van der Waals surface area contributed by atoms with E-state index in [1.807, 2.05) is 0 Å². The van der Waals surface area contributed by atoms with E-state index in [9.17, 15) is 0 Å². The molecule has 1 aromatic heterocycles. The molecule has 2 atom stereocenters. The van der Waals surface area contributed by atoms with E-state index < -0.39 is 0 Å². The molecule has 0 aliphatic rings. The summed E-state index contributed by atoms with van der Waals surface area (Å²) in [4.78, 5) is 3.74. The van der Waals surface area contributed by atoms with Crippen LogP contribution in [0.2, 0.25) is 0 Å². The van der Waals surface area contributed by atoms with Crippen LogP contribution in [-0.2, 0) is 0 Å². The van der Waals surface area contributed by atoms with Crippen LogP contribution in [0.4, 0.5) is 0 Å². The van der Waals surface area contributed by atoms with Gasteiger partial charge in [0.25, 0.3) is 0 Å². The van der Waals surface area contributed by atoms with E-state index in [4.69, 9.17) is 5.73 Å². The Morgan fingerprint density at radius 2 is 2.12 bits per heavy atom. The van der Waals surface area contributed by atoms with Crippen molar-refractivity contribution in [1.29, 1.82) is 0 Å². The van der Waals surface area contributed by atoms with Gasteiger partial charge in [0.15, 0.2) is 0 Å². The van der Waals surface area contributed by atoms with E-state index in [1.54, 1.807) is 11.3 Å². The molecule has 0 aliphatic carbocycles. The SMILES string of the molecule is CCC(N)C(c1cc(Br)cs1)N(C)CC(C)C. The molecule has 0 amide bonds. The van der Waals surface area contributed by atoms with Gasteiger partial charge in [0, 0.05) is 27.3 Å². The van der Waals surface area contributed by atoms with E-state index in [-0.39, 0.29) is 6.04 Å². The van der Waals surface area contributed by atoms with Gasteiger partial charge < -0.3 is 5.73 Å². The minimum absolute atomic E-state index is 0.198. The van der Waals surface area contributed by atoms with Crippen LogP contribution in [0.25, 0.3) is 0 Å². The lowest BCUT2D eigenvalue weighted by Gasteiger charge is -2.32. The number of nitrogens with two attached hydrogens (primary N) is 1. The fraction of sp³-hybridized carbons (Fsp3) is 0.692. The number of hydrogen-bond donors (Lipinski definition) is 1. The van der Waals surface area contributed by atoms with Gasteiger partial charge in [0.2, 0.25) is 0 Å². The third-order valence-corrected chi connectivity index (χ3v) is 4.65. The highest BCUT2D eigenvalue weighted by Crippen LogP contribution is 2.31. The summed E-state index contributed by atoms with van der Waals surface area (Å²) in [6.07, 6.45) is 1.00. The Morgan fingerprint density at radius 3 is 2.53 bits per heavy atom. The monoisotopic (exact) mass is 318 g/mol. The number of hydrogen-bond acceptors (Lipinski definition) is 3. The van der Waals surface area contributed by atoms with Crippen LogP contribution in [0.1, 0.15) is 38.1 Å². The topological polar surface area (TPSA) is 29.3 Å². The second-order valence-electron chi connectivity index (χ2n) is 5.02. The minimum Gasteiger partial charge on any atom is -0.326 e. The van der Waals surface area contributed by atoms with Crippen molar-refractivity contribution in [3.63, 3.8) is 0 Å². The molecular formula is C13H23BrN2S. The lowest BCUT2D eigenvalue weighted by Crippen LogP contribution is -2.39. The molecule has 0 saturated heterocycles. The predicted octanol–water partition coefficient (Wildman–Crippen LogP) is 3.88. The summed E-state index contributed by atoms with van der Waals surface area (Å²) >= 11 is 5.31. The number of likely N-dealkylation sites (N-methyl/N-ethyl adjacent to an activating group) is 1. The van der Waals surface area contributed by atoms with Crippen LogP contribution in [0.15, 0.2) is 15.9 Å². The third-order valence-electron chi connectivity index (χ3n) is 2.88. The van der Waals surface area contributed by atoms with E-state index in [0.29, 0.717) is 12.0 Å². The van der Waals surface area contributed by atoms with Crippen LogP contribution < -0.4 is 5.73 Å². The van der Waals surface area contributed by atoms with Crippen LogP contribution in [0.3, 0.4) is 0 Å². The largest absolute Gasteiger partial charge is 0.326 e. The van der Waals surface area contributed by atoms with Gasteiger partial charge in [-0.1, -0.05) is 20.8 Å². The smallest absolute Gasteiger partial charge is 0.0591 e. The summed E-state index contributed by atoms with van der Waals surface area (Å²) in [7, 11) is 2.17. The minimum atomic E-state index is 0.198. The van der Waals surface area contributed by atoms with E-state index in [2.05, 4.69) is 60.1 Å². The maximum atomic E-state index is 6.28. The molecule has 2 unspecified atom stereocenters. The molecule has 0 saturated carbocycles. The van der Waals surface area contributed by atoms with Crippen LogP contribution in [0.5, 0.6) is 0 Å². The molecule has 4 heteroatoms. The first kappa shape index (κ1) is 15.2. The Labute approximate surface area is 117 Å². The number of rotatable bonds is 6. The van der Waals surface area contributed by atoms with Crippen molar-refractivity contribution < 1.29 is 0 Å². The summed E-state index contributed by atoms with van der Waals surface area (Å²) in [5.74, 6) is 0.662. The first-order valence-electron chi connectivity index (χ1n) is 6.15. The van der Waals surface area contributed by atoms with Gasteiger partial charge in [-0.25, -0.2) is 0 Å². The van der Waals surface area contributed by atoms with Gasteiger partial charge in [-0.05, 0) is 41.4 Å². The average molecular weight is 319 g/mol. The van der Waals surface area contributed by atoms with Gasteiger partial charge in [-0.15, -0.1) is 11.3 Å². The van der Waals surface area contributed by atoms with Crippen molar-refractivity contribution in [3.05, 3.63) is 20.8 Å². The van der Waals surface area contributed by atoms with E-state index >= 15 is 0 Å². The van der Waals surface area contributed by atoms with Crippen molar-refractivity contribution >= 4 is 27.3 Å². The van der Waals surface area contributed by atoms with Crippen LogP contribution >= 0.6 is 27.3 Å². The molecule has 0 bridgehead atoms. The van der Waals surface area contributed by atoms with Gasteiger partial charge in [0.05, 0.1) is 6.04 Å². The third kappa shape index (κ3) is 4.36. The Bertz CT molecular complexity index is 338. The molecule has 0 fully saturated rings. The van der Waals surface area contributed by atoms with Crippen molar-refractivity contribution in [1.82, 2.24) is 4.90 Å². The number of halogens is 1. The maximum absolute atomic E-state index is 6.28. The van der Waals surface area contributed by atoms with Crippen molar-refractivity contribution in [3.8, 4) is 0 Å². The summed E-state index contributed by atoms with van der Waals surface area (Å²) in [6.45, 7) is 7.72. The van der Waals surface area contributed by atoms with Gasteiger partial charge >= 0.3 is 0 Å². The fourth-order valence-electron chi connectivity index (χ4n) is 2.15. The summed E-state index contributed by atoms with van der Waals surface area (Å²) in [5.41, 5.74) is 6.28. The Balaban J connectivity index is 2.87. The quantitative estimate of drug-likeness (QED) is 0.862. The predicted molar refractivity (Wildman–Crippen MR) is 80.5 cm³/mol. The zero-order chi connectivity index (χ0) is 13.0. The molecule has 2 N–H and O–H groups in total. The van der Waals surface area contributed by atoms with E-state index in [1.165, 1.54) is 4.88 Å². The molecule has 1 rings (SSSR count). The molecular weight excluding hydrogens is 296 g/mol. The number of nitrogens with zero attached hydrogens (tertiary/aromatic N) is 1. The summed E-state index contributed by atoms with van der Waals surface area (Å²) in [5, 5.41) is 2.13. The van der Waals surface area contributed by atoms with Crippen molar-refractivity contribution in [2.45, 2.75) is 39.3 Å². The molecule has 17 heavy (non-hydrogen) atoms. The summed E-state index contributed by atoms with van der Waals surface area (Å²) in [6, 6.07) is 2.73. The molecule has 1 heterocycles. The Kier molecular flexibility index (Phi) is 6.13. The standard InChI is InChI=1S/C13H23BrN2S/c1-5-11(15)13(16(4)7-9(2)3)12-6-10(14)8-17-12/h6,8-9,11,13H,5,7,15H2,1-4H3. The molecule has 1 aromatic rings. The maximum Gasteiger partial charge on any atom is 0.0591 e. The van der Waals surface area contributed by atoms with E-state index in [0.717, 1.165) is 17.4 Å². The van der Waals surface area contributed by atoms with Crippen LogP contribution in [0, 0.1) is 5.92 Å². The first-order valence-corrected chi connectivity index (χ1v) is 7.82. The first-order chi connectivity index (χ1) is 7.95. The molecule has 0 aliphatic heterocycles. The molecule has 0 radical (unpaired) electrons. The highest BCUT2D eigenvalue weighted by Gasteiger charge is 2.24. The van der Waals surface area contributed by atoms with Gasteiger partial charge in [-0.2, -0.15) is 0 Å². The number of thiophene rings is 1. The molecule has 0 aromatic carbocycles. The zero-order valence-corrected chi connectivity index (χ0v) is 13.5. The summed E-state index contributed by atoms with van der Waals surface area (Å²) < 4.78 is 1.16. The average Bonchev–Trinajstić information content (AvgIpc) is 2.63. The highest BCUT2D eigenvalue weighted by atomic mass is 79.9. The zero-order valence-electron chi connectivity index (χ0n) is 11.1. The second kappa shape index (κ2) is 6.88. The lowest BCUT2D eigenvalue weighted by atomic mass is 10.0. The van der Waals surface area contributed by atoms with Crippen molar-refractivity contribution in [2.75, 3.05) is 13.6 Å². The fourth-order valence-corrected chi connectivity index (χ4v) is 3.84. The molecule has 0 spiro atoms. The Hall–Kier alpha value is 0.1000. The molecule has 98 valence electrons. The molecule has 2 nitrogen and oxygen atoms in total. The van der Waals surface area contributed by atoms with Gasteiger partial charge in [0.1, 0.15) is 0 Å². The van der Waals surface area contributed by atoms with Gasteiger partial charge in [-0.3, -0.25) is 4.90 Å². The normalized spacial score (nSPS) is 15.5. The van der Waals surface area contributed by atoms with Crippen LogP contribution in [-0.4, -0.2) is 24.5 Å². The highest BCUT2D eigenvalue weighted by molar-refractivity contribution is 9.10. The lowest BCUT2D eigenvalue weighted by molar-refractivity contribution is 0.192. The second-order valence-corrected chi connectivity index (χ2v) is 6.88. The Morgan fingerprint density at radius 1 is 1.47 bits per heavy atom. The van der Waals surface area contributed by atoms with Crippen molar-refractivity contribution in [2.24, 2.45) is 11.7 Å².